The molecule has 1 aromatic heterocycles. The number of nitrogens with two attached hydrogens (primary N) is 1. The van der Waals surface area contributed by atoms with Gasteiger partial charge in [0.2, 0.25) is 0 Å². The second kappa shape index (κ2) is 4.68. The summed E-state index contributed by atoms with van der Waals surface area (Å²) in [7, 11) is -3.90. The highest BCUT2D eigenvalue weighted by atomic mass is 35.5. The lowest BCUT2D eigenvalue weighted by atomic mass is 10.3. The lowest BCUT2D eigenvalue weighted by molar-refractivity contribution is 0.423. The molecule has 2 rings (SSSR count). The number of hydrogen-bond donors (Lipinski definition) is 2. The molecule has 0 aliphatic heterocycles. The van der Waals surface area contributed by atoms with Crippen LogP contribution < -0.4 is 10.5 Å². The summed E-state index contributed by atoms with van der Waals surface area (Å²) in [6.45, 7) is 0. The number of aromatic nitrogens is 1. The van der Waals surface area contributed by atoms with E-state index in [0.29, 0.717) is 0 Å². The van der Waals surface area contributed by atoms with Crippen molar-refractivity contribution in [1.29, 1.82) is 0 Å². The maximum atomic E-state index is 12.0. The van der Waals surface area contributed by atoms with Crippen molar-refractivity contribution in [2.24, 2.45) is 0 Å². The van der Waals surface area contributed by atoms with E-state index in [1.807, 2.05) is 0 Å². The Balaban J connectivity index is 2.45. The molecule has 0 saturated carbocycles. The monoisotopic (exact) mass is 307 g/mol. The summed E-state index contributed by atoms with van der Waals surface area (Å²) in [5.74, 6) is 0.0413. The molecule has 0 fully saturated rings. The molecule has 0 amide bonds. The van der Waals surface area contributed by atoms with Crippen molar-refractivity contribution in [2.45, 2.75) is 4.90 Å². The fourth-order valence-electron chi connectivity index (χ4n) is 1.21. The van der Waals surface area contributed by atoms with Gasteiger partial charge in [-0.1, -0.05) is 28.4 Å². The molecule has 96 valence electrons. The minimum absolute atomic E-state index is 0.00126. The summed E-state index contributed by atoms with van der Waals surface area (Å²) in [6, 6.07) is 3.95. The van der Waals surface area contributed by atoms with Gasteiger partial charge in [0.05, 0.1) is 15.7 Å². The SMILES string of the molecule is Nc1c(Cl)ccc(S(=O)(=O)Nc2ccon2)c1Cl. The first-order valence-corrected chi connectivity index (χ1v) is 6.82. The van der Waals surface area contributed by atoms with Crippen LogP contribution in [0.25, 0.3) is 0 Å². The lowest BCUT2D eigenvalue weighted by Gasteiger charge is -2.09. The van der Waals surface area contributed by atoms with Crippen LogP contribution in [-0.2, 0) is 10.0 Å². The topological polar surface area (TPSA) is 98.2 Å². The molecular formula is C9H7Cl2N3O3S. The van der Waals surface area contributed by atoms with E-state index in [0.717, 1.165) is 0 Å². The smallest absolute Gasteiger partial charge is 0.264 e. The second-order valence-electron chi connectivity index (χ2n) is 3.26. The maximum absolute atomic E-state index is 12.0. The zero-order chi connectivity index (χ0) is 13.3. The zero-order valence-corrected chi connectivity index (χ0v) is 11.1. The number of hydrogen-bond acceptors (Lipinski definition) is 5. The number of sulfonamides is 1. The lowest BCUT2D eigenvalue weighted by Crippen LogP contribution is -2.14. The highest BCUT2D eigenvalue weighted by Crippen LogP contribution is 2.33. The Morgan fingerprint density at radius 3 is 2.61 bits per heavy atom. The molecule has 3 N–H and O–H groups in total. The van der Waals surface area contributed by atoms with E-state index >= 15 is 0 Å². The highest BCUT2D eigenvalue weighted by Gasteiger charge is 2.21. The molecule has 1 aromatic carbocycles. The van der Waals surface area contributed by atoms with Crippen molar-refractivity contribution in [3.63, 3.8) is 0 Å². The number of benzene rings is 1. The standard InChI is InChI=1S/C9H7Cl2N3O3S/c10-5-1-2-6(8(11)9(5)12)18(15,16)14-7-3-4-17-13-7/h1-4H,12H2,(H,13,14). The van der Waals surface area contributed by atoms with Crippen molar-refractivity contribution in [2.75, 3.05) is 10.5 Å². The quantitative estimate of drug-likeness (QED) is 0.848. The average Bonchev–Trinajstić information content (AvgIpc) is 2.77. The molecule has 18 heavy (non-hydrogen) atoms. The van der Waals surface area contributed by atoms with E-state index in [1.165, 1.54) is 24.5 Å². The van der Waals surface area contributed by atoms with E-state index in [9.17, 15) is 8.42 Å². The third-order valence-electron chi connectivity index (χ3n) is 2.06. The molecule has 0 atom stereocenters. The normalized spacial score (nSPS) is 11.4. The van der Waals surface area contributed by atoms with Gasteiger partial charge in [0.1, 0.15) is 11.2 Å². The molecule has 0 saturated heterocycles. The van der Waals surface area contributed by atoms with Crippen molar-refractivity contribution in [3.05, 3.63) is 34.5 Å². The number of nitrogens with one attached hydrogen (secondary N) is 1. The van der Waals surface area contributed by atoms with Crippen molar-refractivity contribution in [1.82, 2.24) is 5.16 Å². The number of nitrogens with zero attached hydrogens (tertiary/aromatic N) is 1. The van der Waals surface area contributed by atoms with Crippen LogP contribution in [0.1, 0.15) is 0 Å². The summed E-state index contributed by atoms with van der Waals surface area (Å²) in [5.41, 5.74) is 5.56. The Morgan fingerprint density at radius 2 is 2.00 bits per heavy atom. The molecule has 0 bridgehead atoms. The van der Waals surface area contributed by atoms with Gasteiger partial charge in [-0.3, -0.25) is 4.72 Å². The first-order chi connectivity index (χ1) is 8.42. The Morgan fingerprint density at radius 1 is 1.28 bits per heavy atom. The van der Waals surface area contributed by atoms with Gasteiger partial charge in [-0.05, 0) is 12.1 Å². The van der Waals surface area contributed by atoms with Gasteiger partial charge in [0.15, 0.2) is 5.82 Å². The third-order valence-corrected chi connectivity index (χ3v) is 4.30. The van der Waals surface area contributed by atoms with Crippen LogP contribution in [0.5, 0.6) is 0 Å². The Hall–Kier alpha value is -1.44. The molecule has 0 spiro atoms. The van der Waals surface area contributed by atoms with Gasteiger partial charge in [0.25, 0.3) is 10.0 Å². The maximum Gasteiger partial charge on any atom is 0.264 e. The highest BCUT2D eigenvalue weighted by molar-refractivity contribution is 7.92. The number of nitrogen functional groups attached to an aromatic ring is 1. The Labute approximate surface area is 113 Å². The molecule has 6 nitrogen and oxygen atoms in total. The summed E-state index contributed by atoms with van der Waals surface area (Å²) < 4.78 is 30.7. The van der Waals surface area contributed by atoms with Crippen molar-refractivity contribution in [3.8, 4) is 0 Å². The van der Waals surface area contributed by atoms with E-state index < -0.39 is 10.0 Å². The molecule has 0 unspecified atom stereocenters. The van der Waals surface area contributed by atoms with Gasteiger partial charge < -0.3 is 10.3 Å². The predicted octanol–water partition coefficient (Wildman–Crippen LogP) is 2.36. The first-order valence-electron chi connectivity index (χ1n) is 4.58. The second-order valence-corrected chi connectivity index (χ2v) is 5.70. The Kier molecular flexibility index (Phi) is 3.38. The van der Waals surface area contributed by atoms with E-state index in [-0.39, 0.29) is 26.4 Å². The fraction of sp³-hybridized carbons (Fsp3) is 0. The summed E-state index contributed by atoms with van der Waals surface area (Å²) in [5, 5.41) is 3.47. The minimum Gasteiger partial charge on any atom is -0.396 e. The molecule has 0 aliphatic carbocycles. The molecule has 9 heteroatoms. The van der Waals surface area contributed by atoms with Gasteiger partial charge in [-0.25, -0.2) is 8.42 Å². The molecule has 0 aliphatic rings. The summed E-state index contributed by atoms with van der Waals surface area (Å²) in [4.78, 5) is -0.186. The molecular weight excluding hydrogens is 301 g/mol. The molecule has 2 aromatic rings. The van der Waals surface area contributed by atoms with Crippen LogP contribution in [-0.4, -0.2) is 13.6 Å². The van der Waals surface area contributed by atoms with Gasteiger partial charge in [0, 0.05) is 6.07 Å². The van der Waals surface area contributed by atoms with E-state index in [2.05, 4.69) is 14.4 Å². The largest absolute Gasteiger partial charge is 0.396 e. The van der Waals surface area contributed by atoms with Crippen LogP contribution >= 0.6 is 23.2 Å². The van der Waals surface area contributed by atoms with Gasteiger partial charge in [-0.2, -0.15) is 0 Å². The zero-order valence-electron chi connectivity index (χ0n) is 8.72. The summed E-state index contributed by atoms with van der Waals surface area (Å²) >= 11 is 11.6. The molecule has 1 heterocycles. The van der Waals surface area contributed by atoms with E-state index in [4.69, 9.17) is 28.9 Å². The minimum atomic E-state index is -3.90. The van der Waals surface area contributed by atoms with Crippen LogP contribution in [0.15, 0.2) is 33.9 Å². The van der Waals surface area contributed by atoms with Crippen molar-refractivity contribution < 1.29 is 12.9 Å². The molecule has 0 radical (unpaired) electrons. The predicted molar refractivity (Wildman–Crippen MR) is 68.2 cm³/mol. The first kappa shape index (κ1) is 13.0. The number of anilines is 2. The van der Waals surface area contributed by atoms with Crippen molar-refractivity contribution >= 4 is 44.7 Å². The number of halogens is 2. The van der Waals surface area contributed by atoms with Gasteiger partial charge in [-0.15, -0.1) is 0 Å². The summed E-state index contributed by atoms with van der Waals surface area (Å²) in [6.07, 6.45) is 1.23. The Bertz CT molecular complexity index is 671. The van der Waals surface area contributed by atoms with E-state index in [1.54, 1.807) is 0 Å². The number of rotatable bonds is 3. The van der Waals surface area contributed by atoms with Crippen LogP contribution in [0.2, 0.25) is 10.0 Å². The van der Waals surface area contributed by atoms with Gasteiger partial charge >= 0.3 is 0 Å². The van der Waals surface area contributed by atoms with Crippen LogP contribution in [0, 0.1) is 0 Å². The third kappa shape index (κ3) is 2.38. The average molecular weight is 308 g/mol. The van der Waals surface area contributed by atoms with Crippen LogP contribution in [0.4, 0.5) is 11.5 Å². The fourth-order valence-corrected chi connectivity index (χ4v) is 2.97. The van der Waals surface area contributed by atoms with Crippen LogP contribution in [0.3, 0.4) is 0 Å².